The van der Waals surface area contributed by atoms with Crippen LogP contribution in [0.25, 0.3) is 0 Å². The molecule has 0 rings (SSSR count). The van der Waals surface area contributed by atoms with Gasteiger partial charge in [-0.1, -0.05) is 0 Å². The van der Waals surface area contributed by atoms with E-state index < -0.39 is 22.8 Å². The molecule has 0 aliphatic rings. The Labute approximate surface area is 58.7 Å². The lowest BCUT2D eigenvalue weighted by atomic mass is 10.8. The molecule has 2 unspecified atom stereocenters. The van der Waals surface area contributed by atoms with Gasteiger partial charge in [0.1, 0.15) is 0 Å². The lowest BCUT2D eigenvalue weighted by Gasteiger charge is -1.96. The van der Waals surface area contributed by atoms with Crippen LogP contribution in [0.2, 0.25) is 0 Å². The SMILES string of the molecule is CC(O[P+](=O)[O-])O[P+](=O)[O-]. The first-order valence-corrected chi connectivity index (χ1v) is 4.34. The van der Waals surface area contributed by atoms with E-state index in [-0.39, 0.29) is 0 Å². The van der Waals surface area contributed by atoms with Gasteiger partial charge < -0.3 is 9.79 Å². The van der Waals surface area contributed by atoms with Gasteiger partial charge in [0.05, 0.1) is 0 Å². The number of hydrogen-bond acceptors (Lipinski definition) is 6. The summed E-state index contributed by atoms with van der Waals surface area (Å²) in [5.41, 5.74) is 0. The minimum Gasteiger partial charge on any atom is -0.566 e. The minimum atomic E-state index is -3.06. The molecule has 0 fully saturated rings. The fourth-order valence-corrected chi connectivity index (χ4v) is 0.900. The van der Waals surface area contributed by atoms with Crippen molar-refractivity contribution in [3.63, 3.8) is 0 Å². The molecule has 0 radical (unpaired) electrons. The molecule has 0 heterocycles. The summed E-state index contributed by atoms with van der Waals surface area (Å²) in [5, 5.41) is 0. The smallest absolute Gasteiger partial charge is 0.491 e. The molecular weight excluding hydrogens is 182 g/mol. The van der Waals surface area contributed by atoms with Crippen molar-refractivity contribution in [1.82, 2.24) is 0 Å². The third-order valence-corrected chi connectivity index (χ3v) is 1.41. The molecule has 0 saturated carbocycles. The van der Waals surface area contributed by atoms with E-state index in [1.54, 1.807) is 0 Å². The second-order valence-electron chi connectivity index (χ2n) is 1.23. The summed E-state index contributed by atoms with van der Waals surface area (Å²) in [6.07, 6.45) is -1.28. The second kappa shape index (κ2) is 4.79. The summed E-state index contributed by atoms with van der Waals surface area (Å²) >= 11 is 0. The molecule has 0 aliphatic heterocycles. The normalized spacial score (nSPS) is 16.3. The number of rotatable bonds is 4. The minimum absolute atomic E-state index is 1.15. The van der Waals surface area contributed by atoms with Crippen molar-refractivity contribution in [3.8, 4) is 0 Å². The van der Waals surface area contributed by atoms with Gasteiger partial charge in [-0.05, 0) is 16.1 Å². The Morgan fingerprint density at radius 3 is 1.70 bits per heavy atom. The highest BCUT2D eigenvalue weighted by Gasteiger charge is 2.18. The van der Waals surface area contributed by atoms with Crippen LogP contribution in [-0.2, 0) is 18.2 Å². The Morgan fingerprint density at radius 1 is 1.20 bits per heavy atom. The van der Waals surface area contributed by atoms with Crippen molar-refractivity contribution in [2.75, 3.05) is 0 Å². The molecule has 58 valence electrons. The molecule has 0 amide bonds. The first kappa shape index (κ1) is 10.0. The summed E-state index contributed by atoms with van der Waals surface area (Å²) in [4.78, 5) is 19.5. The Morgan fingerprint density at radius 2 is 1.50 bits per heavy atom. The van der Waals surface area contributed by atoms with Gasteiger partial charge in [0.15, 0.2) is 0 Å². The van der Waals surface area contributed by atoms with Crippen LogP contribution >= 0.6 is 16.5 Å². The predicted molar refractivity (Wildman–Crippen MR) is 26.8 cm³/mol. The summed E-state index contributed by atoms with van der Waals surface area (Å²) < 4.78 is 27.3. The highest BCUT2D eigenvalue weighted by molar-refractivity contribution is 7.31. The standard InChI is InChI=1S/C2H4O6P2/c1-2(7-9(3)4)8-10(5)6/h2H,1H3. The molecule has 0 aliphatic carbocycles. The second-order valence-corrected chi connectivity index (χ2v) is 2.54. The van der Waals surface area contributed by atoms with Gasteiger partial charge in [0, 0.05) is 0 Å². The van der Waals surface area contributed by atoms with Gasteiger partial charge in [-0.15, -0.1) is 9.05 Å². The molecule has 10 heavy (non-hydrogen) atoms. The van der Waals surface area contributed by atoms with Crippen molar-refractivity contribution in [3.05, 3.63) is 0 Å². The molecule has 6 nitrogen and oxygen atoms in total. The fourth-order valence-electron chi connectivity index (χ4n) is 0.262. The highest BCUT2D eigenvalue weighted by atomic mass is 31.1. The Balaban J connectivity index is 3.53. The molecule has 0 aromatic carbocycles. The van der Waals surface area contributed by atoms with Crippen molar-refractivity contribution in [1.29, 1.82) is 0 Å². The molecule has 0 bridgehead atoms. The van der Waals surface area contributed by atoms with Crippen LogP contribution in [0.3, 0.4) is 0 Å². The van der Waals surface area contributed by atoms with E-state index in [2.05, 4.69) is 9.05 Å². The zero-order valence-electron chi connectivity index (χ0n) is 4.92. The maximum absolute atomic E-state index is 9.73. The maximum atomic E-state index is 9.73. The van der Waals surface area contributed by atoms with Crippen molar-refractivity contribution in [2.45, 2.75) is 13.2 Å². The van der Waals surface area contributed by atoms with E-state index in [9.17, 15) is 18.9 Å². The quantitative estimate of drug-likeness (QED) is 0.429. The van der Waals surface area contributed by atoms with E-state index in [1.807, 2.05) is 0 Å². The maximum Gasteiger partial charge on any atom is 0.491 e. The zero-order chi connectivity index (χ0) is 8.15. The highest BCUT2D eigenvalue weighted by Crippen LogP contribution is 2.20. The molecule has 8 heteroatoms. The average molecular weight is 186 g/mol. The van der Waals surface area contributed by atoms with Gasteiger partial charge >= 0.3 is 16.5 Å². The lowest BCUT2D eigenvalue weighted by Crippen LogP contribution is -2.09. The molecule has 0 aromatic heterocycles. The average Bonchev–Trinajstić information content (AvgIpc) is 1.58. The Hall–Kier alpha value is 0.0400. The molecule has 0 spiro atoms. The monoisotopic (exact) mass is 186 g/mol. The van der Waals surface area contributed by atoms with E-state index in [0.717, 1.165) is 6.92 Å². The van der Waals surface area contributed by atoms with Gasteiger partial charge in [0.2, 0.25) is 0 Å². The van der Waals surface area contributed by atoms with E-state index in [4.69, 9.17) is 0 Å². The molecule has 0 N–H and O–H groups in total. The molecule has 2 atom stereocenters. The predicted octanol–water partition coefficient (Wildman–Crippen LogP) is -0.599. The summed E-state index contributed by atoms with van der Waals surface area (Å²) in [6.45, 7) is 1.15. The number of hydrogen-bond donors (Lipinski definition) is 0. The summed E-state index contributed by atoms with van der Waals surface area (Å²) in [5.74, 6) is 0. The van der Waals surface area contributed by atoms with E-state index in [1.165, 1.54) is 0 Å². The Kier molecular flexibility index (Phi) is 4.81. The molecule has 0 saturated heterocycles. The first-order chi connectivity index (χ1) is 4.52. The topological polar surface area (TPSA) is 98.7 Å². The third kappa shape index (κ3) is 6.16. The van der Waals surface area contributed by atoms with Gasteiger partial charge in [-0.3, -0.25) is 0 Å². The van der Waals surface area contributed by atoms with Crippen LogP contribution in [0.4, 0.5) is 0 Å². The fraction of sp³-hybridized carbons (Fsp3) is 1.00. The van der Waals surface area contributed by atoms with Crippen LogP contribution < -0.4 is 9.79 Å². The first-order valence-electron chi connectivity index (χ1n) is 2.14. The van der Waals surface area contributed by atoms with E-state index in [0.29, 0.717) is 0 Å². The van der Waals surface area contributed by atoms with Crippen LogP contribution in [0, 0.1) is 0 Å². The summed E-state index contributed by atoms with van der Waals surface area (Å²) in [6, 6.07) is 0. The Bertz CT molecular complexity index is 129. The van der Waals surface area contributed by atoms with Crippen LogP contribution in [-0.4, -0.2) is 6.29 Å². The zero-order valence-corrected chi connectivity index (χ0v) is 6.71. The van der Waals surface area contributed by atoms with Crippen LogP contribution in [0.5, 0.6) is 0 Å². The third-order valence-electron chi connectivity index (χ3n) is 0.469. The van der Waals surface area contributed by atoms with Crippen molar-refractivity contribution >= 4 is 16.5 Å². The lowest BCUT2D eigenvalue weighted by molar-refractivity contribution is -0.212. The van der Waals surface area contributed by atoms with Crippen molar-refractivity contribution < 1.29 is 28.0 Å². The van der Waals surface area contributed by atoms with Gasteiger partial charge in [-0.2, -0.15) is 0 Å². The molecule has 0 aromatic rings. The van der Waals surface area contributed by atoms with Crippen LogP contribution in [0.15, 0.2) is 0 Å². The molecular formula is C2H4O6P2. The summed E-state index contributed by atoms with van der Waals surface area (Å²) in [7, 11) is -6.13. The van der Waals surface area contributed by atoms with Crippen LogP contribution in [0.1, 0.15) is 6.92 Å². The largest absolute Gasteiger partial charge is 0.566 e. The van der Waals surface area contributed by atoms with Gasteiger partial charge in [0.25, 0.3) is 6.29 Å². The van der Waals surface area contributed by atoms with Crippen molar-refractivity contribution in [2.24, 2.45) is 0 Å². The van der Waals surface area contributed by atoms with E-state index >= 15 is 0 Å². The van der Waals surface area contributed by atoms with Gasteiger partial charge in [-0.25, -0.2) is 0 Å².